The number of piperazine rings is 1. The molecule has 0 aliphatic carbocycles. The molecule has 2 saturated heterocycles. The molecule has 2 aliphatic heterocycles. The molecule has 2 aromatic rings. The molecular weight excluding hydrogens is 361 g/mol. The van der Waals surface area contributed by atoms with Crippen molar-refractivity contribution in [2.75, 3.05) is 32.7 Å². The molecule has 0 atom stereocenters. The van der Waals surface area contributed by atoms with E-state index in [0.29, 0.717) is 25.2 Å². The number of rotatable bonds is 6. The van der Waals surface area contributed by atoms with Crippen molar-refractivity contribution >= 4 is 17.2 Å². The highest BCUT2D eigenvalue weighted by Crippen LogP contribution is 2.21. The Balaban J connectivity index is 1.29. The van der Waals surface area contributed by atoms with Crippen LogP contribution in [0, 0.1) is 5.82 Å². The fraction of sp³-hybridized carbons (Fsp3) is 0.476. The second-order valence-electron chi connectivity index (χ2n) is 7.52. The minimum atomic E-state index is -0.239. The van der Waals surface area contributed by atoms with Crippen LogP contribution in [0.1, 0.15) is 28.8 Å². The standard InChI is InChI=1S/C21H26FN3OS/c22-20-6-2-1-5-18(20)13-25-10-9-24(15-21(25)26)14-19-11-17(16-27-19)12-23-7-3-4-8-23/h1-2,5-6,11,16H,3-4,7-10,12-15H2. The van der Waals surface area contributed by atoms with Crippen molar-refractivity contribution in [3.8, 4) is 0 Å². The van der Waals surface area contributed by atoms with E-state index >= 15 is 0 Å². The van der Waals surface area contributed by atoms with Crippen LogP contribution in [0.5, 0.6) is 0 Å². The molecule has 6 heteroatoms. The van der Waals surface area contributed by atoms with Crippen LogP contribution in [-0.2, 0) is 24.4 Å². The minimum absolute atomic E-state index is 0.0818. The number of benzene rings is 1. The number of carbonyl (C=O) groups excluding carboxylic acids is 1. The summed E-state index contributed by atoms with van der Waals surface area (Å²) in [4.78, 5) is 20.3. The molecule has 2 aliphatic rings. The number of amides is 1. The first kappa shape index (κ1) is 18.6. The zero-order valence-corrected chi connectivity index (χ0v) is 16.4. The third-order valence-corrected chi connectivity index (χ3v) is 6.38. The van der Waals surface area contributed by atoms with E-state index < -0.39 is 0 Å². The molecule has 0 bridgehead atoms. The fourth-order valence-electron chi connectivity index (χ4n) is 3.90. The lowest BCUT2D eigenvalue weighted by molar-refractivity contribution is -0.136. The Kier molecular flexibility index (Phi) is 5.86. The third kappa shape index (κ3) is 4.75. The molecule has 2 fully saturated rings. The second-order valence-corrected chi connectivity index (χ2v) is 8.52. The number of hydrogen-bond donors (Lipinski definition) is 0. The van der Waals surface area contributed by atoms with E-state index in [0.717, 1.165) is 19.6 Å². The van der Waals surface area contributed by atoms with Crippen molar-refractivity contribution in [1.82, 2.24) is 14.7 Å². The topological polar surface area (TPSA) is 26.8 Å². The van der Waals surface area contributed by atoms with Crippen molar-refractivity contribution in [1.29, 1.82) is 0 Å². The molecule has 0 saturated carbocycles. The molecule has 1 amide bonds. The molecule has 0 radical (unpaired) electrons. The minimum Gasteiger partial charge on any atom is -0.336 e. The highest BCUT2D eigenvalue weighted by Gasteiger charge is 2.25. The number of likely N-dealkylation sites (tertiary alicyclic amines) is 1. The molecule has 3 heterocycles. The maximum absolute atomic E-state index is 13.8. The number of halogens is 1. The predicted molar refractivity (Wildman–Crippen MR) is 106 cm³/mol. The van der Waals surface area contributed by atoms with E-state index in [1.165, 1.54) is 42.4 Å². The maximum atomic E-state index is 13.8. The molecule has 0 spiro atoms. The predicted octanol–water partition coefficient (Wildman–Crippen LogP) is 3.33. The van der Waals surface area contributed by atoms with Crippen LogP contribution in [0.2, 0.25) is 0 Å². The van der Waals surface area contributed by atoms with Gasteiger partial charge in [-0.15, -0.1) is 11.3 Å². The van der Waals surface area contributed by atoms with Crippen molar-refractivity contribution in [3.63, 3.8) is 0 Å². The van der Waals surface area contributed by atoms with E-state index in [4.69, 9.17) is 0 Å². The maximum Gasteiger partial charge on any atom is 0.237 e. The fourth-order valence-corrected chi connectivity index (χ4v) is 4.82. The smallest absolute Gasteiger partial charge is 0.237 e. The Morgan fingerprint density at radius 1 is 0.963 bits per heavy atom. The number of thiophene rings is 1. The molecular formula is C21H26FN3OS. The average molecular weight is 388 g/mol. The molecule has 4 nitrogen and oxygen atoms in total. The van der Waals surface area contributed by atoms with Crippen LogP contribution < -0.4 is 0 Å². The van der Waals surface area contributed by atoms with Crippen molar-refractivity contribution in [2.45, 2.75) is 32.5 Å². The van der Waals surface area contributed by atoms with Gasteiger partial charge in [0, 0.05) is 43.2 Å². The molecule has 4 rings (SSSR count). The lowest BCUT2D eigenvalue weighted by Crippen LogP contribution is -2.49. The summed E-state index contributed by atoms with van der Waals surface area (Å²) in [6.07, 6.45) is 2.63. The van der Waals surface area contributed by atoms with E-state index in [9.17, 15) is 9.18 Å². The third-order valence-electron chi connectivity index (χ3n) is 5.41. The Morgan fingerprint density at radius 3 is 2.56 bits per heavy atom. The van der Waals surface area contributed by atoms with E-state index in [1.54, 1.807) is 28.4 Å². The van der Waals surface area contributed by atoms with E-state index in [2.05, 4.69) is 21.2 Å². The van der Waals surface area contributed by atoms with Gasteiger partial charge in [-0.05, 0) is 49.0 Å². The number of nitrogens with zero attached hydrogens (tertiary/aromatic N) is 3. The van der Waals surface area contributed by atoms with Gasteiger partial charge in [0.05, 0.1) is 6.54 Å². The SMILES string of the molecule is O=C1CN(Cc2cc(CN3CCCC3)cs2)CCN1Cc1ccccc1F. The van der Waals surface area contributed by atoms with Crippen molar-refractivity contribution in [3.05, 3.63) is 57.5 Å². The van der Waals surface area contributed by atoms with Crippen LogP contribution in [0.15, 0.2) is 35.7 Å². The quantitative estimate of drug-likeness (QED) is 0.761. The van der Waals surface area contributed by atoms with Gasteiger partial charge < -0.3 is 4.90 Å². The monoisotopic (exact) mass is 387 g/mol. The lowest BCUT2D eigenvalue weighted by Gasteiger charge is -2.34. The summed E-state index contributed by atoms with van der Waals surface area (Å²) in [7, 11) is 0. The number of carbonyl (C=O) groups is 1. The van der Waals surface area contributed by atoms with Crippen LogP contribution >= 0.6 is 11.3 Å². The number of hydrogen-bond acceptors (Lipinski definition) is 4. The molecule has 1 aromatic heterocycles. The summed E-state index contributed by atoms with van der Waals surface area (Å²) in [6, 6.07) is 8.99. The highest BCUT2D eigenvalue weighted by atomic mass is 32.1. The molecule has 0 N–H and O–H groups in total. The summed E-state index contributed by atoms with van der Waals surface area (Å²) >= 11 is 1.79. The van der Waals surface area contributed by atoms with Gasteiger partial charge in [0.25, 0.3) is 0 Å². The summed E-state index contributed by atoms with van der Waals surface area (Å²) in [5.41, 5.74) is 1.98. The zero-order valence-electron chi connectivity index (χ0n) is 15.6. The molecule has 144 valence electrons. The first-order valence-corrected chi connectivity index (χ1v) is 10.6. The Bertz CT molecular complexity index is 787. The Hall–Kier alpha value is -1.76. The summed E-state index contributed by atoms with van der Waals surface area (Å²) in [5.74, 6) is -0.157. The van der Waals surface area contributed by atoms with Gasteiger partial charge in [-0.1, -0.05) is 18.2 Å². The zero-order chi connectivity index (χ0) is 18.6. The Morgan fingerprint density at radius 2 is 1.78 bits per heavy atom. The van der Waals surface area contributed by atoms with Crippen LogP contribution in [-0.4, -0.2) is 53.3 Å². The van der Waals surface area contributed by atoms with E-state index in [-0.39, 0.29) is 11.7 Å². The first-order chi connectivity index (χ1) is 13.2. The summed E-state index contributed by atoms with van der Waals surface area (Å²) in [6.45, 7) is 6.55. The largest absolute Gasteiger partial charge is 0.336 e. The van der Waals surface area contributed by atoms with Crippen molar-refractivity contribution in [2.24, 2.45) is 0 Å². The molecule has 27 heavy (non-hydrogen) atoms. The van der Waals surface area contributed by atoms with Gasteiger partial charge in [-0.3, -0.25) is 14.6 Å². The van der Waals surface area contributed by atoms with Crippen LogP contribution in [0.25, 0.3) is 0 Å². The first-order valence-electron chi connectivity index (χ1n) is 9.69. The summed E-state index contributed by atoms with van der Waals surface area (Å²) in [5, 5.41) is 2.25. The van der Waals surface area contributed by atoms with Crippen LogP contribution in [0.4, 0.5) is 4.39 Å². The molecule has 0 unspecified atom stereocenters. The molecule has 1 aromatic carbocycles. The van der Waals surface area contributed by atoms with Crippen molar-refractivity contribution < 1.29 is 9.18 Å². The highest BCUT2D eigenvalue weighted by molar-refractivity contribution is 7.10. The Labute approximate surface area is 164 Å². The van der Waals surface area contributed by atoms with Gasteiger partial charge in [-0.2, -0.15) is 0 Å². The summed E-state index contributed by atoms with van der Waals surface area (Å²) < 4.78 is 13.8. The second kappa shape index (κ2) is 8.50. The normalized spacial score (nSPS) is 19.1. The van der Waals surface area contributed by atoms with Gasteiger partial charge >= 0.3 is 0 Å². The lowest BCUT2D eigenvalue weighted by atomic mass is 10.2. The van der Waals surface area contributed by atoms with Crippen LogP contribution in [0.3, 0.4) is 0 Å². The van der Waals surface area contributed by atoms with E-state index in [1.807, 2.05) is 6.07 Å². The average Bonchev–Trinajstić information content (AvgIpc) is 3.32. The van der Waals surface area contributed by atoms with Gasteiger partial charge in [-0.25, -0.2) is 4.39 Å². The van der Waals surface area contributed by atoms with Gasteiger partial charge in [0.2, 0.25) is 5.91 Å². The van der Waals surface area contributed by atoms with Gasteiger partial charge in [0.15, 0.2) is 0 Å². The van der Waals surface area contributed by atoms with Gasteiger partial charge in [0.1, 0.15) is 5.82 Å².